The number of imidazole rings is 1. The molecule has 4 nitrogen and oxygen atoms in total. The van der Waals surface area contributed by atoms with Gasteiger partial charge in [0.15, 0.2) is 0 Å². The Labute approximate surface area is 98.5 Å². The molecule has 0 amide bonds. The summed E-state index contributed by atoms with van der Waals surface area (Å²) in [5.41, 5.74) is 7.81. The minimum atomic E-state index is 0.0497. The predicted octanol–water partition coefficient (Wildman–Crippen LogP) is 2.25. The molecule has 0 fully saturated rings. The van der Waals surface area contributed by atoms with Gasteiger partial charge in [-0.25, -0.2) is 4.98 Å². The summed E-state index contributed by atoms with van der Waals surface area (Å²) in [6.07, 6.45) is 5.31. The van der Waals surface area contributed by atoms with E-state index in [9.17, 15) is 0 Å². The lowest BCUT2D eigenvalue weighted by atomic mass is 9.98. The van der Waals surface area contributed by atoms with Gasteiger partial charge >= 0.3 is 0 Å². The van der Waals surface area contributed by atoms with Gasteiger partial charge in [0.2, 0.25) is 0 Å². The maximum Gasteiger partial charge on any atom is 0.134 e. The number of aromatic amines is 1. The molecule has 3 aromatic rings. The van der Waals surface area contributed by atoms with E-state index in [1.165, 1.54) is 0 Å². The number of nitrogens with one attached hydrogen (secondary N) is 1. The fourth-order valence-electron chi connectivity index (χ4n) is 2.12. The van der Waals surface area contributed by atoms with Crippen LogP contribution in [0, 0.1) is 0 Å². The van der Waals surface area contributed by atoms with Gasteiger partial charge in [0.25, 0.3) is 0 Å². The van der Waals surface area contributed by atoms with Gasteiger partial charge in [0.05, 0.1) is 12.2 Å². The molecule has 0 spiro atoms. The molecule has 1 atom stereocenters. The second-order valence-electron chi connectivity index (χ2n) is 3.95. The monoisotopic (exact) mass is 227 g/mol. The van der Waals surface area contributed by atoms with Crippen LogP contribution in [-0.2, 0) is 0 Å². The third kappa shape index (κ3) is 1.62. The lowest BCUT2D eigenvalue weighted by molar-refractivity contribution is 0.604. The smallest absolute Gasteiger partial charge is 0.134 e. The molecule has 0 saturated carbocycles. The van der Waals surface area contributed by atoms with E-state index in [-0.39, 0.29) is 5.92 Å². The molecule has 4 heteroatoms. The van der Waals surface area contributed by atoms with Crippen LogP contribution in [0.1, 0.15) is 17.3 Å². The topological polar surface area (TPSA) is 67.8 Å². The number of H-pyrrole nitrogens is 1. The summed E-state index contributed by atoms with van der Waals surface area (Å²) in [5, 5.41) is 1.10. The zero-order chi connectivity index (χ0) is 11.7. The Morgan fingerprint density at radius 3 is 3.00 bits per heavy atom. The van der Waals surface area contributed by atoms with E-state index in [4.69, 9.17) is 10.2 Å². The molecule has 2 aromatic heterocycles. The van der Waals surface area contributed by atoms with E-state index in [0.717, 1.165) is 22.4 Å². The van der Waals surface area contributed by atoms with E-state index in [1.54, 1.807) is 18.7 Å². The van der Waals surface area contributed by atoms with E-state index in [0.29, 0.717) is 6.54 Å². The van der Waals surface area contributed by atoms with Crippen molar-refractivity contribution in [2.45, 2.75) is 5.92 Å². The molecule has 17 heavy (non-hydrogen) atoms. The van der Waals surface area contributed by atoms with Gasteiger partial charge < -0.3 is 15.1 Å². The van der Waals surface area contributed by atoms with Crippen LogP contribution in [0.2, 0.25) is 0 Å². The van der Waals surface area contributed by atoms with Crippen molar-refractivity contribution >= 4 is 11.0 Å². The standard InChI is InChI=1S/C13H13N3O/c14-7-10(13-15-5-6-16-13)11-8-17-12-4-2-1-3-9(11)12/h1-6,8,10H,7,14H2,(H,15,16). The number of nitrogens with zero attached hydrogens (tertiary/aromatic N) is 1. The quantitative estimate of drug-likeness (QED) is 0.721. The summed E-state index contributed by atoms with van der Waals surface area (Å²) < 4.78 is 5.53. The second kappa shape index (κ2) is 4.07. The van der Waals surface area contributed by atoms with Crippen molar-refractivity contribution in [1.29, 1.82) is 0 Å². The molecule has 0 bridgehead atoms. The Morgan fingerprint density at radius 1 is 1.35 bits per heavy atom. The molecular formula is C13H13N3O. The number of aromatic nitrogens is 2. The first-order chi connectivity index (χ1) is 8.40. The number of hydrogen-bond donors (Lipinski definition) is 2. The number of benzene rings is 1. The van der Waals surface area contributed by atoms with E-state index < -0.39 is 0 Å². The number of rotatable bonds is 3. The highest BCUT2D eigenvalue weighted by Crippen LogP contribution is 2.29. The van der Waals surface area contributed by atoms with Crippen LogP contribution >= 0.6 is 0 Å². The van der Waals surface area contributed by atoms with E-state index in [2.05, 4.69) is 9.97 Å². The Kier molecular flexibility index (Phi) is 2.42. The first kappa shape index (κ1) is 10.1. The Balaban J connectivity index is 2.13. The Bertz CT molecular complexity index is 612. The largest absolute Gasteiger partial charge is 0.464 e. The molecule has 3 rings (SSSR count). The first-order valence-corrected chi connectivity index (χ1v) is 5.55. The molecule has 86 valence electrons. The lowest BCUT2D eigenvalue weighted by Crippen LogP contribution is -2.14. The van der Waals surface area contributed by atoms with Crippen molar-refractivity contribution in [3.8, 4) is 0 Å². The maximum atomic E-state index is 5.84. The second-order valence-corrected chi connectivity index (χ2v) is 3.95. The summed E-state index contributed by atoms with van der Waals surface area (Å²) in [5.74, 6) is 0.924. The molecule has 0 aliphatic heterocycles. The van der Waals surface area contributed by atoms with Gasteiger partial charge in [-0.3, -0.25) is 0 Å². The lowest BCUT2D eigenvalue weighted by Gasteiger charge is -2.10. The molecule has 1 unspecified atom stereocenters. The SMILES string of the molecule is NCC(c1ncc[nH]1)c1coc2ccccc12. The number of hydrogen-bond acceptors (Lipinski definition) is 3. The van der Waals surface area contributed by atoms with Crippen molar-refractivity contribution in [3.63, 3.8) is 0 Å². The van der Waals surface area contributed by atoms with Gasteiger partial charge in [0.1, 0.15) is 11.4 Å². The third-order valence-corrected chi connectivity index (χ3v) is 2.97. The fourth-order valence-corrected chi connectivity index (χ4v) is 2.12. The minimum absolute atomic E-state index is 0.0497. The molecule has 0 aliphatic rings. The average molecular weight is 227 g/mol. The molecule has 0 radical (unpaired) electrons. The van der Waals surface area contributed by atoms with Gasteiger partial charge in [0, 0.05) is 29.9 Å². The van der Waals surface area contributed by atoms with Gasteiger partial charge in [-0.2, -0.15) is 0 Å². The third-order valence-electron chi connectivity index (χ3n) is 2.97. The highest BCUT2D eigenvalue weighted by Gasteiger charge is 2.19. The van der Waals surface area contributed by atoms with Crippen LogP contribution < -0.4 is 5.73 Å². The first-order valence-electron chi connectivity index (χ1n) is 5.55. The van der Waals surface area contributed by atoms with Crippen LogP contribution in [0.15, 0.2) is 47.3 Å². The highest BCUT2D eigenvalue weighted by atomic mass is 16.3. The van der Waals surface area contributed by atoms with Crippen LogP contribution in [-0.4, -0.2) is 16.5 Å². The van der Waals surface area contributed by atoms with Crippen molar-refractivity contribution in [2.75, 3.05) is 6.54 Å². The number of para-hydroxylation sites is 1. The van der Waals surface area contributed by atoms with E-state index >= 15 is 0 Å². The fraction of sp³-hybridized carbons (Fsp3) is 0.154. The van der Waals surface area contributed by atoms with Gasteiger partial charge in [-0.05, 0) is 6.07 Å². The van der Waals surface area contributed by atoms with Crippen molar-refractivity contribution in [1.82, 2.24) is 9.97 Å². The molecule has 0 aliphatic carbocycles. The van der Waals surface area contributed by atoms with Crippen LogP contribution in [0.25, 0.3) is 11.0 Å². The predicted molar refractivity (Wildman–Crippen MR) is 65.7 cm³/mol. The molecule has 2 heterocycles. The number of fused-ring (bicyclic) bond motifs is 1. The zero-order valence-corrected chi connectivity index (χ0v) is 9.26. The van der Waals surface area contributed by atoms with Gasteiger partial charge in [-0.15, -0.1) is 0 Å². The zero-order valence-electron chi connectivity index (χ0n) is 9.26. The van der Waals surface area contributed by atoms with E-state index in [1.807, 2.05) is 24.3 Å². The van der Waals surface area contributed by atoms with Crippen LogP contribution in [0.5, 0.6) is 0 Å². The Hall–Kier alpha value is -2.07. The average Bonchev–Trinajstić information content (AvgIpc) is 3.01. The summed E-state index contributed by atoms with van der Waals surface area (Å²) >= 11 is 0. The summed E-state index contributed by atoms with van der Waals surface area (Å²) in [4.78, 5) is 7.38. The van der Waals surface area contributed by atoms with Gasteiger partial charge in [-0.1, -0.05) is 18.2 Å². The Morgan fingerprint density at radius 2 is 2.24 bits per heavy atom. The number of nitrogens with two attached hydrogens (primary N) is 1. The number of furan rings is 1. The molecule has 0 saturated heterocycles. The summed E-state index contributed by atoms with van der Waals surface area (Å²) in [7, 11) is 0. The van der Waals surface area contributed by atoms with Crippen molar-refractivity contribution in [3.05, 3.63) is 54.3 Å². The summed E-state index contributed by atoms with van der Waals surface area (Å²) in [6.45, 7) is 0.497. The maximum absolute atomic E-state index is 5.84. The van der Waals surface area contributed by atoms with Crippen LogP contribution in [0.4, 0.5) is 0 Å². The summed E-state index contributed by atoms with van der Waals surface area (Å²) in [6, 6.07) is 7.95. The molecular weight excluding hydrogens is 214 g/mol. The minimum Gasteiger partial charge on any atom is -0.464 e. The normalized spacial score (nSPS) is 13.0. The van der Waals surface area contributed by atoms with Crippen molar-refractivity contribution in [2.24, 2.45) is 5.73 Å². The van der Waals surface area contributed by atoms with Crippen molar-refractivity contribution < 1.29 is 4.42 Å². The molecule has 1 aromatic carbocycles. The van der Waals surface area contributed by atoms with Crippen LogP contribution in [0.3, 0.4) is 0 Å². The molecule has 3 N–H and O–H groups in total. The highest BCUT2D eigenvalue weighted by molar-refractivity contribution is 5.81.